The van der Waals surface area contributed by atoms with Crippen LogP contribution in [0.15, 0.2) is 24.3 Å². The summed E-state index contributed by atoms with van der Waals surface area (Å²) in [6, 6.07) is 6.15. The van der Waals surface area contributed by atoms with E-state index in [0.717, 1.165) is 47.8 Å². The van der Waals surface area contributed by atoms with Crippen LogP contribution >= 0.6 is 0 Å². The minimum Gasteiger partial charge on any atom is -0.497 e. The van der Waals surface area contributed by atoms with Gasteiger partial charge in [0, 0.05) is 30.9 Å². The van der Waals surface area contributed by atoms with Gasteiger partial charge in [-0.05, 0) is 37.1 Å². The predicted molar refractivity (Wildman–Crippen MR) is 86.7 cm³/mol. The summed E-state index contributed by atoms with van der Waals surface area (Å²) in [5, 5.41) is 4.50. The third-order valence-corrected chi connectivity index (χ3v) is 4.02. The third kappa shape index (κ3) is 2.28. The smallest absolute Gasteiger partial charge is 0.142 e. The van der Waals surface area contributed by atoms with Crippen molar-refractivity contribution in [3.63, 3.8) is 0 Å². The zero-order chi connectivity index (χ0) is 15.7. The average molecular weight is 297 g/mol. The Morgan fingerprint density at radius 1 is 1.36 bits per heavy atom. The van der Waals surface area contributed by atoms with Crippen molar-refractivity contribution in [3.8, 4) is 5.75 Å². The van der Waals surface area contributed by atoms with Crippen LogP contribution in [-0.4, -0.2) is 29.7 Å². The highest BCUT2D eigenvalue weighted by molar-refractivity contribution is 5.81. The number of carbonyl (C=O) groups is 1. The van der Waals surface area contributed by atoms with Crippen molar-refractivity contribution in [2.45, 2.75) is 13.3 Å². The highest BCUT2D eigenvalue weighted by Crippen LogP contribution is 2.39. The van der Waals surface area contributed by atoms with Gasteiger partial charge in [0.15, 0.2) is 0 Å². The fraction of sp³-hybridized carbons (Fsp3) is 0.294. The number of benzene rings is 1. The first-order valence-electron chi connectivity index (χ1n) is 7.25. The predicted octanol–water partition coefficient (Wildman–Crippen LogP) is 2.64. The second kappa shape index (κ2) is 5.67. The fourth-order valence-corrected chi connectivity index (χ4v) is 3.02. The summed E-state index contributed by atoms with van der Waals surface area (Å²) >= 11 is 0. The number of aromatic nitrogens is 2. The van der Waals surface area contributed by atoms with Crippen LogP contribution in [-0.2, 0) is 18.3 Å². The molecule has 1 aromatic carbocycles. The van der Waals surface area contributed by atoms with E-state index in [4.69, 9.17) is 4.74 Å². The molecule has 0 fully saturated rings. The highest BCUT2D eigenvalue weighted by atomic mass is 16.5. The SMILES string of the molecule is COc1ccc2c(c1)N(c1c(/C=C/C=O)c(C)nn1C)CC2. The topological polar surface area (TPSA) is 47.4 Å². The molecule has 5 nitrogen and oxygen atoms in total. The van der Waals surface area contributed by atoms with Gasteiger partial charge in [0.25, 0.3) is 0 Å². The van der Waals surface area contributed by atoms with Crippen LogP contribution in [0.2, 0.25) is 0 Å². The standard InChI is InChI=1S/C17H19N3O2/c1-12-15(5-4-10-21)17(19(2)18-12)20-9-8-13-6-7-14(22-3)11-16(13)20/h4-7,10-11H,8-9H2,1-3H3/b5-4+. The van der Waals surface area contributed by atoms with Crippen LogP contribution in [0.25, 0.3) is 6.08 Å². The molecule has 1 aromatic heterocycles. The first-order chi connectivity index (χ1) is 10.7. The first kappa shape index (κ1) is 14.4. The molecule has 0 spiro atoms. The molecule has 2 heterocycles. The number of fused-ring (bicyclic) bond motifs is 1. The molecule has 0 amide bonds. The number of carbonyl (C=O) groups excluding carboxylic acids is 1. The Labute approximate surface area is 129 Å². The van der Waals surface area contributed by atoms with Crippen LogP contribution in [0, 0.1) is 6.92 Å². The maximum Gasteiger partial charge on any atom is 0.142 e. The quantitative estimate of drug-likeness (QED) is 0.643. The van der Waals surface area contributed by atoms with Gasteiger partial charge in [-0.2, -0.15) is 5.10 Å². The molecule has 1 aliphatic heterocycles. The number of hydrogen-bond acceptors (Lipinski definition) is 4. The maximum absolute atomic E-state index is 10.7. The van der Waals surface area contributed by atoms with Crippen molar-refractivity contribution in [2.75, 3.05) is 18.6 Å². The second-order valence-electron chi connectivity index (χ2n) is 5.34. The monoisotopic (exact) mass is 297 g/mol. The van der Waals surface area contributed by atoms with Gasteiger partial charge in [-0.1, -0.05) is 6.07 Å². The molecular formula is C17H19N3O2. The second-order valence-corrected chi connectivity index (χ2v) is 5.34. The van der Waals surface area contributed by atoms with E-state index < -0.39 is 0 Å². The van der Waals surface area contributed by atoms with Gasteiger partial charge in [-0.15, -0.1) is 0 Å². The molecule has 0 N–H and O–H groups in total. The van der Waals surface area contributed by atoms with E-state index in [-0.39, 0.29) is 0 Å². The molecule has 0 saturated carbocycles. The summed E-state index contributed by atoms with van der Waals surface area (Å²) in [7, 11) is 3.60. The van der Waals surface area contributed by atoms with Crippen molar-refractivity contribution in [2.24, 2.45) is 7.05 Å². The van der Waals surface area contributed by atoms with Gasteiger partial charge in [0.1, 0.15) is 17.9 Å². The number of rotatable bonds is 4. The summed E-state index contributed by atoms with van der Waals surface area (Å²) in [5.74, 6) is 1.84. The Kier molecular flexibility index (Phi) is 3.71. The largest absolute Gasteiger partial charge is 0.497 e. The summed E-state index contributed by atoms with van der Waals surface area (Å²) in [4.78, 5) is 12.9. The number of nitrogens with zero attached hydrogens (tertiary/aromatic N) is 3. The Morgan fingerprint density at radius 2 is 2.18 bits per heavy atom. The maximum atomic E-state index is 10.7. The lowest BCUT2D eigenvalue weighted by molar-refractivity contribution is -0.104. The summed E-state index contributed by atoms with van der Waals surface area (Å²) in [6.07, 6.45) is 5.11. The zero-order valence-electron chi connectivity index (χ0n) is 13.0. The molecule has 0 radical (unpaired) electrons. The van der Waals surface area contributed by atoms with Crippen molar-refractivity contribution in [3.05, 3.63) is 41.1 Å². The fourth-order valence-electron chi connectivity index (χ4n) is 3.02. The molecule has 114 valence electrons. The van der Waals surface area contributed by atoms with Crippen LogP contribution in [0.1, 0.15) is 16.8 Å². The lowest BCUT2D eigenvalue weighted by Crippen LogP contribution is -2.17. The van der Waals surface area contributed by atoms with Crippen LogP contribution in [0.5, 0.6) is 5.75 Å². The van der Waals surface area contributed by atoms with Crippen LogP contribution < -0.4 is 9.64 Å². The van der Waals surface area contributed by atoms with E-state index in [1.54, 1.807) is 7.11 Å². The minimum atomic E-state index is 0.789. The molecule has 0 aliphatic carbocycles. The lowest BCUT2D eigenvalue weighted by Gasteiger charge is -2.21. The average Bonchev–Trinajstić information content (AvgIpc) is 3.04. The molecule has 0 unspecified atom stereocenters. The molecule has 0 saturated heterocycles. The Hall–Kier alpha value is -2.56. The Bertz CT molecular complexity index is 747. The van der Waals surface area contributed by atoms with Crippen molar-refractivity contribution < 1.29 is 9.53 Å². The minimum absolute atomic E-state index is 0.789. The molecule has 3 rings (SSSR count). The lowest BCUT2D eigenvalue weighted by atomic mass is 10.1. The summed E-state index contributed by atoms with van der Waals surface area (Å²) in [5.41, 5.74) is 4.32. The van der Waals surface area contributed by atoms with Gasteiger partial charge >= 0.3 is 0 Å². The van der Waals surface area contributed by atoms with Crippen molar-refractivity contribution in [1.82, 2.24) is 9.78 Å². The zero-order valence-corrected chi connectivity index (χ0v) is 13.0. The molecular weight excluding hydrogens is 278 g/mol. The van der Waals surface area contributed by atoms with Gasteiger partial charge < -0.3 is 9.64 Å². The number of aryl methyl sites for hydroxylation is 2. The third-order valence-electron chi connectivity index (χ3n) is 4.02. The number of hydrogen-bond donors (Lipinski definition) is 0. The summed E-state index contributed by atoms with van der Waals surface area (Å²) in [6.45, 7) is 2.85. The molecule has 5 heteroatoms. The molecule has 22 heavy (non-hydrogen) atoms. The number of allylic oxidation sites excluding steroid dienone is 1. The Balaban J connectivity index is 2.11. The van der Waals surface area contributed by atoms with E-state index in [1.807, 2.05) is 30.8 Å². The van der Waals surface area contributed by atoms with Gasteiger partial charge in [0.2, 0.25) is 0 Å². The Morgan fingerprint density at radius 3 is 2.91 bits per heavy atom. The van der Waals surface area contributed by atoms with E-state index in [9.17, 15) is 4.79 Å². The molecule has 1 aliphatic rings. The summed E-state index contributed by atoms with van der Waals surface area (Å²) < 4.78 is 7.21. The van der Waals surface area contributed by atoms with Gasteiger partial charge in [-0.25, -0.2) is 0 Å². The number of ether oxygens (including phenoxy) is 1. The normalized spacial score (nSPS) is 13.7. The van der Waals surface area contributed by atoms with Gasteiger partial charge in [0.05, 0.1) is 12.8 Å². The van der Waals surface area contributed by atoms with E-state index >= 15 is 0 Å². The molecule has 0 bridgehead atoms. The van der Waals surface area contributed by atoms with E-state index in [2.05, 4.69) is 22.1 Å². The van der Waals surface area contributed by atoms with Crippen molar-refractivity contribution in [1.29, 1.82) is 0 Å². The van der Waals surface area contributed by atoms with E-state index in [0.29, 0.717) is 0 Å². The van der Waals surface area contributed by atoms with Gasteiger partial charge in [-0.3, -0.25) is 9.48 Å². The highest BCUT2D eigenvalue weighted by Gasteiger charge is 2.26. The van der Waals surface area contributed by atoms with Crippen LogP contribution in [0.3, 0.4) is 0 Å². The molecule has 2 aromatic rings. The number of methoxy groups -OCH3 is 1. The van der Waals surface area contributed by atoms with Crippen LogP contribution in [0.4, 0.5) is 11.5 Å². The van der Waals surface area contributed by atoms with E-state index in [1.165, 1.54) is 11.6 Å². The first-order valence-corrected chi connectivity index (χ1v) is 7.25. The number of anilines is 2. The number of aldehydes is 1. The molecule has 0 atom stereocenters. The van der Waals surface area contributed by atoms with Crippen molar-refractivity contribution >= 4 is 23.9 Å².